The van der Waals surface area contributed by atoms with E-state index in [0.29, 0.717) is 18.4 Å². The number of hydrogen-bond acceptors (Lipinski definition) is 4. The molecular formula is C25H28FN3O2. The molecule has 0 saturated heterocycles. The quantitative estimate of drug-likeness (QED) is 0.568. The Bertz CT molecular complexity index is 1120. The SMILES string of the molecule is Cc1cc(-c2nc(-c3ccc(OC4CC4)c(C)c3)n3c2CCOC(C)C3)cc(CF)n1. The lowest BCUT2D eigenvalue weighted by Gasteiger charge is -2.14. The first kappa shape index (κ1) is 20.2. The van der Waals surface area contributed by atoms with E-state index in [1.165, 1.54) is 0 Å². The minimum atomic E-state index is -0.584. The number of ether oxygens (including phenoxy) is 2. The van der Waals surface area contributed by atoms with Crippen LogP contribution in [-0.2, 0) is 24.4 Å². The average Bonchev–Trinajstić information content (AvgIpc) is 3.53. The molecule has 0 N–H and O–H groups in total. The number of pyridine rings is 1. The minimum absolute atomic E-state index is 0.0983. The van der Waals surface area contributed by atoms with Gasteiger partial charge in [-0.2, -0.15) is 0 Å². The zero-order chi connectivity index (χ0) is 21.5. The predicted molar refractivity (Wildman–Crippen MR) is 118 cm³/mol. The van der Waals surface area contributed by atoms with Gasteiger partial charge in [0.05, 0.1) is 36.7 Å². The van der Waals surface area contributed by atoms with Crippen molar-refractivity contribution in [2.75, 3.05) is 6.61 Å². The molecule has 5 nitrogen and oxygen atoms in total. The van der Waals surface area contributed by atoms with Gasteiger partial charge in [-0.1, -0.05) is 0 Å². The molecule has 2 aliphatic rings. The van der Waals surface area contributed by atoms with Crippen molar-refractivity contribution >= 4 is 0 Å². The maximum absolute atomic E-state index is 13.4. The van der Waals surface area contributed by atoms with Gasteiger partial charge in [0, 0.05) is 28.9 Å². The molecule has 31 heavy (non-hydrogen) atoms. The van der Waals surface area contributed by atoms with Crippen molar-refractivity contribution in [2.24, 2.45) is 0 Å². The molecule has 1 aromatic carbocycles. The van der Waals surface area contributed by atoms with E-state index in [2.05, 4.69) is 41.6 Å². The monoisotopic (exact) mass is 421 g/mol. The van der Waals surface area contributed by atoms with Crippen LogP contribution in [0.4, 0.5) is 4.39 Å². The summed E-state index contributed by atoms with van der Waals surface area (Å²) in [6, 6.07) is 10.1. The summed E-state index contributed by atoms with van der Waals surface area (Å²) in [5.74, 6) is 1.86. The van der Waals surface area contributed by atoms with Gasteiger partial charge < -0.3 is 14.0 Å². The smallest absolute Gasteiger partial charge is 0.140 e. The minimum Gasteiger partial charge on any atom is -0.490 e. The van der Waals surface area contributed by atoms with Crippen molar-refractivity contribution in [1.82, 2.24) is 14.5 Å². The summed E-state index contributed by atoms with van der Waals surface area (Å²) in [6.07, 6.45) is 3.52. The van der Waals surface area contributed by atoms with Crippen LogP contribution in [0.15, 0.2) is 30.3 Å². The molecule has 0 spiro atoms. The van der Waals surface area contributed by atoms with E-state index in [4.69, 9.17) is 14.5 Å². The van der Waals surface area contributed by atoms with Crippen LogP contribution in [0.1, 0.15) is 42.4 Å². The fraction of sp³-hybridized carbons (Fsp3) is 0.440. The molecule has 0 bridgehead atoms. The third kappa shape index (κ3) is 4.09. The van der Waals surface area contributed by atoms with Crippen LogP contribution in [-0.4, -0.2) is 33.3 Å². The maximum atomic E-state index is 13.4. The number of benzene rings is 1. The Morgan fingerprint density at radius 1 is 1.13 bits per heavy atom. The fourth-order valence-corrected chi connectivity index (χ4v) is 4.28. The number of imidazole rings is 1. The van der Waals surface area contributed by atoms with Crippen molar-refractivity contribution in [3.8, 4) is 28.4 Å². The van der Waals surface area contributed by atoms with Crippen LogP contribution in [0, 0.1) is 13.8 Å². The summed E-state index contributed by atoms with van der Waals surface area (Å²) >= 11 is 0. The summed E-state index contributed by atoms with van der Waals surface area (Å²) in [6.45, 7) is 6.86. The Hall–Kier alpha value is -2.73. The largest absolute Gasteiger partial charge is 0.490 e. The van der Waals surface area contributed by atoms with Crippen LogP contribution >= 0.6 is 0 Å². The zero-order valence-electron chi connectivity index (χ0n) is 18.3. The van der Waals surface area contributed by atoms with E-state index >= 15 is 0 Å². The van der Waals surface area contributed by atoms with Crippen LogP contribution in [0.2, 0.25) is 0 Å². The topological polar surface area (TPSA) is 49.2 Å². The van der Waals surface area contributed by atoms with Crippen molar-refractivity contribution < 1.29 is 13.9 Å². The molecule has 0 amide bonds. The van der Waals surface area contributed by atoms with Gasteiger partial charge in [0.15, 0.2) is 0 Å². The van der Waals surface area contributed by atoms with Crippen molar-refractivity contribution in [2.45, 2.75) is 65.5 Å². The molecular weight excluding hydrogens is 393 g/mol. The second-order valence-corrected chi connectivity index (χ2v) is 8.69. The molecule has 162 valence electrons. The van der Waals surface area contributed by atoms with Gasteiger partial charge in [-0.05, 0) is 69.5 Å². The molecule has 0 radical (unpaired) electrons. The Balaban J connectivity index is 1.62. The number of halogens is 1. The average molecular weight is 422 g/mol. The Kier molecular flexibility index (Phi) is 5.26. The van der Waals surface area contributed by atoms with Crippen molar-refractivity contribution in [1.29, 1.82) is 0 Å². The summed E-state index contributed by atoms with van der Waals surface area (Å²) in [5.41, 5.74) is 6.34. The van der Waals surface area contributed by atoms with Gasteiger partial charge >= 0.3 is 0 Å². The molecule has 1 saturated carbocycles. The molecule has 5 rings (SSSR count). The Morgan fingerprint density at radius 3 is 2.71 bits per heavy atom. The fourth-order valence-electron chi connectivity index (χ4n) is 4.28. The lowest BCUT2D eigenvalue weighted by atomic mass is 10.1. The van der Waals surface area contributed by atoms with E-state index in [1.807, 2.05) is 19.1 Å². The van der Waals surface area contributed by atoms with Gasteiger partial charge in [-0.15, -0.1) is 0 Å². The summed E-state index contributed by atoms with van der Waals surface area (Å²) in [7, 11) is 0. The van der Waals surface area contributed by atoms with Crippen LogP contribution < -0.4 is 4.74 Å². The van der Waals surface area contributed by atoms with Gasteiger partial charge in [0.2, 0.25) is 0 Å². The maximum Gasteiger partial charge on any atom is 0.140 e. The molecule has 3 aromatic rings. The summed E-state index contributed by atoms with van der Waals surface area (Å²) < 4.78 is 27.6. The second-order valence-electron chi connectivity index (χ2n) is 8.69. The first-order valence-electron chi connectivity index (χ1n) is 11.0. The van der Waals surface area contributed by atoms with Crippen molar-refractivity contribution in [3.63, 3.8) is 0 Å². The van der Waals surface area contributed by atoms with E-state index in [9.17, 15) is 4.39 Å². The number of fused-ring (bicyclic) bond motifs is 1. The molecule has 1 aliphatic carbocycles. The Labute approximate surface area is 182 Å². The molecule has 2 aromatic heterocycles. The third-order valence-corrected chi connectivity index (χ3v) is 5.92. The van der Waals surface area contributed by atoms with Crippen molar-refractivity contribution in [3.05, 3.63) is 53.0 Å². The normalized spacial score (nSPS) is 18.5. The van der Waals surface area contributed by atoms with Crippen LogP contribution in [0.3, 0.4) is 0 Å². The number of alkyl halides is 1. The molecule has 3 heterocycles. The summed E-state index contributed by atoms with van der Waals surface area (Å²) in [5, 5.41) is 0. The van der Waals surface area contributed by atoms with Gasteiger partial charge in [-0.3, -0.25) is 4.98 Å². The number of aryl methyl sites for hydroxylation is 2. The highest BCUT2D eigenvalue weighted by molar-refractivity contribution is 5.70. The lowest BCUT2D eigenvalue weighted by Crippen LogP contribution is -2.15. The molecule has 1 atom stereocenters. The standard InChI is InChI=1S/C25H28FN3O2/c1-15-10-18(4-7-23(15)31-21-5-6-21)25-28-24(19-11-16(2)27-20(12-19)13-26)22-8-9-30-17(3)14-29(22)25/h4,7,10-12,17,21H,5-6,8-9,13-14H2,1-3H3. The number of rotatable bonds is 5. The van der Waals surface area contributed by atoms with Gasteiger partial charge in [0.1, 0.15) is 18.2 Å². The van der Waals surface area contributed by atoms with Crippen LogP contribution in [0.5, 0.6) is 5.75 Å². The third-order valence-electron chi connectivity index (χ3n) is 5.92. The molecule has 6 heteroatoms. The zero-order valence-corrected chi connectivity index (χ0v) is 18.3. The van der Waals surface area contributed by atoms with Crippen LogP contribution in [0.25, 0.3) is 22.6 Å². The first-order valence-corrected chi connectivity index (χ1v) is 11.0. The second kappa shape index (κ2) is 8.08. The first-order chi connectivity index (χ1) is 15.0. The lowest BCUT2D eigenvalue weighted by molar-refractivity contribution is 0.0666. The molecule has 1 fully saturated rings. The van der Waals surface area contributed by atoms with E-state index < -0.39 is 6.67 Å². The number of hydrogen-bond donors (Lipinski definition) is 0. The van der Waals surface area contributed by atoms with Gasteiger partial charge in [-0.25, -0.2) is 9.37 Å². The van der Waals surface area contributed by atoms with E-state index in [1.54, 1.807) is 0 Å². The van der Waals surface area contributed by atoms with Gasteiger partial charge in [0.25, 0.3) is 0 Å². The highest BCUT2D eigenvalue weighted by Crippen LogP contribution is 2.35. The van der Waals surface area contributed by atoms with E-state index in [0.717, 1.165) is 71.2 Å². The highest BCUT2D eigenvalue weighted by atomic mass is 19.1. The molecule has 1 unspecified atom stereocenters. The number of aromatic nitrogens is 3. The predicted octanol–water partition coefficient (Wildman–Crippen LogP) is 5.20. The highest BCUT2D eigenvalue weighted by Gasteiger charge is 2.26. The molecule has 1 aliphatic heterocycles. The number of nitrogens with zero attached hydrogens (tertiary/aromatic N) is 3. The summed E-state index contributed by atoms with van der Waals surface area (Å²) in [4.78, 5) is 9.37. The Morgan fingerprint density at radius 2 is 1.97 bits per heavy atom. The van der Waals surface area contributed by atoms with E-state index in [-0.39, 0.29) is 6.10 Å².